The third-order valence-electron chi connectivity index (χ3n) is 6.00. The van der Waals surface area contributed by atoms with Gasteiger partial charge in [-0.1, -0.05) is 12.1 Å². The zero-order chi connectivity index (χ0) is 22.3. The molecule has 2 heterocycles. The standard InChI is InChI=1S/C23H25F4N3O/c1-14(2)28-22(31)17-12-15-11-16(23(25,26)27)7-8-19(15)30-10-9-29(13-21(17)30)20-6-4-3-5-18(20)24/h3-8,11,14,17,21H,9-10,12-13H2,1-2H3,(H,28,31)/t17-,21+/m1/s1. The Bertz CT molecular complexity index is 976. The number of nitrogens with zero attached hydrogens (tertiary/aromatic N) is 2. The number of hydrogen-bond acceptors (Lipinski definition) is 3. The van der Waals surface area contributed by atoms with Crippen LogP contribution in [0.5, 0.6) is 0 Å². The van der Waals surface area contributed by atoms with Crippen molar-refractivity contribution in [2.75, 3.05) is 29.4 Å². The molecule has 8 heteroatoms. The van der Waals surface area contributed by atoms with Crippen LogP contribution in [-0.4, -0.2) is 37.6 Å². The summed E-state index contributed by atoms with van der Waals surface area (Å²) < 4.78 is 54.2. The second-order valence-corrected chi connectivity index (χ2v) is 8.47. The van der Waals surface area contributed by atoms with Crippen LogP contribution in [0.3, 0.4) is 0 Å². The van der Waals surface area contributed by atoms with Crippen LogP contribution >= 0.6 is 0 Å². The number of nitrogens with one attached hydrogen (secondary N) is 1. The number of fused-ring (bicyclic) bond motifs is 3. The largest absolute Gasteiger partial charge is 0.416 e. The number of anilines is 2. The van der Waals surface area contributed by atoms with Gasteiger partial charge in [0, 0.05) is 31.4 Å². The maximum absolute atomic E-state index is 14.4. The summed E-state index contributed by atoms with van der Waals surface area (Å²) in [6.45, 7) is 5.11. The lowest BCUT2D eigenvalue weighted by Crippen LogP contribution is -2.61. The summed E-state index contributed by atoms with van der Waals surface area (Å²) in [5.74, 6) is -1.05. The Morgan fingerprint density at radius 2 is 1.84 bits per heavy atom. The number of halogens is 4. The van der Waals surface area contributed by atoms with Crippen LogP contribution in [0.4, 0.5) is 28.9 Å². The second-order valence-electron chi connectivity index (χ2n) is 8.47. The number of hydrogen-bond donors (Lipinski definition) is 1. The smallest absolute Gasteiger partial charge is 0.365 e. The summed E-state index contributed by atoms with van der Waals surface area (Å²) >= 11 is 0. The van der Waals surface area contributed by atoms with Crippen molar-refractivity contribution < 1.29 is 22.4 Å². The Morgan fingerprint density at radius 1 is 1.10 bits per heavy atom. The molecule has 0 unspecified atom stereocenters. The Morgan fingerprint density at radius 3 is 2.52 bits per heavy atom. The fraction of sp³-hybridized carbons (Fsp3) is 0.435. The summed E-state index contributed by atoms with van der Waals surface area (Å²) in [7, 11) is 0. The van der Waals surface area contributed by atoms with Gasteiger partial charge in [-0.25, -0.2) is 4.39 Å². The minimum Gasteiger partial charge on any atom is -0.365 e. The summed E-state index contributed by atoms with van der Waals surface area (Å²) in [5.41, 5.74) is 1.01. The molecule has 2 atom stereocenters. The monoisotopic (exact) mass is 435 g/mol. The lowest BCUT2D eigenvalue weighted by atomic mass is 9.82. The van der Waals surface area contributed by atoms with E-state index in [1.54, 1.807) is 18.2 Å². The first-order valence-electron chi connectivity index (χ1n) is 10.4. The van der Waals surface area contributed by atoms with Crippen LogP contribution in [-0.2, 0) is 17.4 Å². The van der Waals surface area contributed by atoms with Crippen LogP contribution in [0.25, 0.3) is 0 Å². The van der Waals surface area contributed by atoms with Crippen molar-refractivity contribution in [3.63, 3.8) is 0 Å². The molecule has 4 rings (SSSR count). The van der Waals surface area contributed by atoms with Gasteiger partial charge in [0.2, 0.25) is 5.91 Å². The van der Waals surface area contributed by atoms with Crippen LogP contribution in [0, 0.1) is 11.7 Å². The molecule has 0 bridgehead atoms. The quantitative estimate of drug-likeness (QED) is 0.733. The average Bonchev–Trinajstić information content (AvgIpc) is 2.71. The molecule has 0 saturated carbocycles. The maximum Gasteiger partial charge on any atom is 0.416 e. The highest BCUT2D eigenvalue weighted by molar-refractivity contribution is 5.82. The van der Waals surface area contributed by atoms with Crippen LogP contribution in [0.15, 0.2) is 42.5 Å². The van der Waals surface area contributed by atoms with Gasteiger partial charge in [-0.3, -0.25) is 4.79 Å². The van der Waals surface area contributed by atoms with Gasteiger partial charge in [0.15, 0.2) is 0 Å². The Kier molecular flexibility index (Phi) is 5.58. The van der Waals surface area contributed by atoms with Gasteiger partial charge >= 0.3 is 6.18 Å². The van der Waals surface area contributed by atoms with E-state index < -0.39 is 17.7 Å². The van der Waals surface area contributed by atoms with E-state index in [1.165, 1.54) is 12.1 Å². The van der Waals surface area contributed by atoms with Gasteiger partial charge in [0.1, 0.15) is 5.82 Å². The third-order valence-corrected chi connectivity index (χ3v) is 6.00. The molecule has 0 radical (unpaired) electrons. The minimum atomic E-state index is -4.44. The lowest BCUT2D eigenvalue weighted by Gasteiger charge is -2.49. The first-order chi connectivity index (χ1) is 14.6. The van der Waals surface area contributed by atoms with Crippen molar-refractivity contribution in [1.82, 2.24) is 5.32 Å². The first-order valence-corrected chi connectivity index (χ1v) is 10.4. The van der Waals surface area contributed by atoms with Gasteiger partial charge in [-0.15, -0.1) is 0 Å². The number of para-hydroxylation sites is 1. The first kappa shape index (κ1) is 21.5. The SMILES string of the molecule is CC(C)NC(=O)[C@@H]1Cc2cc(C(F)(F)F)ccc2N2CCN(c3ccccc3F)C[C@@H]12. The van der Waals surface area contributed by atoms with Crippen molar-refractivity contribution in [2.24, 2.45) is 5.92 Å². The lowest BCUT2D eigenvalue weighted by molar-refractivity contribution is -0.137. The molecule has 2 aromatic rings. The second kappa shape index (κ2) is 8.05. The Labute approximate surface area is 178 Å². The van der Waals surface area contributed by atoms with Gasteiger partial charge < -0.3 is 15.1 Å². The topological polar surface area (TPSA) is 35.6 Å². The fourth-order valence-corrected chi connectivity index (χ4v) is 4.62. The molecular formula is C23H25F4N3O. The normalized spacial score (nSPS) is 21.0. The third kappa shape index (κ3) is 4.20. The number of benzene rings is 2. The molecular weight excluding hydrogens is 410 g/mol. The molecule has 1 saturated heterocycles. The maximum atomic E-state index is 14.4. The number of amides is 1. The number of alkyl halides is 3. The number of carbonyl (C=O) groups excluding carboxylic acids is 1. The summed E-state index contributed by atoms with van der Waals surface area (Å²) in [6.07, 6.45) is -4.23. The van der Waals surface area contributed by atoms with Gasteiger partial charge in [-0.2, -0.15) is 13.2 Å². The molecule has 166 valence electrons. The van der Waals surface area contributed by atoms with Crippen molar-refractivity contribution in [2.45, 2.75) is 38.5 Å². The van der Waals surface area contributed by atoms with Crippen molar-refractivity contribution >= 4 is 17.3 Å². The number of rotatable bonds is 3. The zero-order valence-corrected chi connectivity index (χ0v) is 17.4. The van der Waals surface area contributed by atoms with E-state index in [0.29, 0.717) is 30.9 Å². The number of piperazine rings is 1. The Balaban J connectivity index is 1.70. The van der Waals surface area contributed by atoms with Crippen molar-refractivity contribution in [3.8, 4) is 0 Å². The summed E-state index contributed by atoms with van der Waals surface area (Å²) in [5, 5.41) is 2.91. The van der Waals surface area contributed by atoms with E-state index >= 15 is 0 Å². The van der Waals surface area contributed by atoms with Crippen LogP contribution in [0.2, 0.25) is 0 Å². The van der Waals surface area contributed by atoms with Gasteiger partial charge in [0.05, 0.1) is 23.2 Å². The van der Waals surface area contributed by atoms with Crippen molar-refractivity contribution in [1.29, 1.82) is 0 Å². The molecule has 0 aliphatic carbocycles. The highest BCUT2D eigenvalue weighted by Crippen LogP contribution is 2.40. The van der Waals surface area contributed by atoms with Crippen molar-refractivity contribution in [3.05, 3.63) is 59.4 Å². The highest BCUT2D eigenvalue weighted by Gasteiger charge is 2.43. The van der Waals surface area contributed by atoms with E-state index in [9.17, 15) is 22.4 Å². The summed E-state index contributed by atoms with van der Waals surface area (Å²) in [4.78, 5) is 16.9. The number of carbonyl (C=O) groups is 1. The highest BCUT2D eigenvalue weighted by atomic mass is 19.4. The summed E-state index contributed by atoms with van der Waals surface area (Å²) in [6, 6.07) is 9.90. The van der Waals surface area contributed by atoms with E-state index in [4.69, 9.17) is 0 Å². The molecule has 31 heavy (non-hydrogen) atoms. The Hall–Kier alpha value is -2.77. The molecule has 0 aromatic heterocycles. The van der Waals surface area contributed by atoms with E-state index in [1.807, 2.05) is 23.6 Å². The van der Waals surface area contributed by atoms with Gasteiger partial charge in [-0.05, 0) is 56.2 Å². The fourth-order valence-electron chi connectivity index (χ4n) is 4.62. The molecule has 4 nitrogen and oxygen atoms in total. The molecule has 1 N–H and O–H groups in total. The predicted molar refractivity (Wildman–Crippen MR) is 112 cm³/mol. The molecule has 1 fully saturated rings. The molecule has 1 amide bonds. The van der Waals surface area contributed by atoms with E-state index in [0.717, 1.165) is 17.8 Å². The molecule has 0 spiro atoms. The average molecular weight is 435 g/mol. The van der Waals surface area contributed by atoms with E-state index in [-0.39, 0.29) is 30.2 Å². The van der Waals surface area contributed by atoms with Gasteiger partial charge in [0.25, 0.3) is 0 Å². The minimum absolute atomic E-state index is 0.0879. The predicted octanol–water partition coefficient (Wildman–Crippen LogP) is 4.24. The van der Waals surface area contributed by atoms with Crippen LogP contribution in [0.1, 0.15) is 25.0 Å². The zero-order valence-electron chi connectivity index (χ0n) is 17.4. The van der Waals surface area contributed by atoms with E-state index in [2.05, 4.69) is 5.32 Å². The molecule has 2 aliphatic rings. The van der Waals surface area contributed by atoms with Crippen LogP contribution < -0.4 is 15.1 Å². The molecule has 2 aromatic carbocycles. The molecule has 2 aliphatic heterocycles.